The Bertz CT molecular complexity index is 1960. The van der Waals surface area contributed by atoms with Crippen molar-refractivity contribution in [3.63, 3.8) is 0 Å². The number of carbonyl (C=O) groups excluding carboxylic acids is 4. The van der Waals surface area contributed by atoms with Gasteiger partial charge in [-0.1, -0.05) is 401 Å². The fraction of sp³-hybridized carbons (Fsp3) is 0.952. The third-order valence-corrected chi connectivity index (χ3v) is 22.0. The third-order valence-electron chi connectivity index (χ3n) is 20.1. The lowest BCUT2D eigenvalue weighted by Crippen LogP contribution is -2.30. The van der Waals surface area contributed by atoms with E-state index in [-0.39, 0.29) is 25.7 Å². The van der Waals surface area contributed by atoms with Gasteiger partial charge in [-0.3, -0.25) is 37.3 Å². The lowest BCUT2D eigenvalue weighted by Gasteiger charge is -2.21. The quantitative estimate of drug-likeness (QED) is 0.0222. The van der Waals surface area contributed by atoms with E-state index in [0.29, 0.717) is 25.7 Å². The topological polar surface area (TPSA) is 237 Å². The lowest BCUT2D eigenvalue weighted by atomic mass is 9.99. The highest BCUT2D eigenvalue weighted by molar-refractivity contribution is 7.47. The third kappa shape index (κ3) is 76.6. The Morgan fingerprint density at radius 1 is 0.272 bits per heavy atom. The molecule has 0 aromatic rings. The summed E-state index contributed by atoms with van der Waals surface area (Å²) in [6, 6.07) is 0. The van der Waals surface area contributed by atoms with Crippen molar-refractivity contribution < 1.29 is 80.2 Å². The number of hydrogen-bond donors (Lipinski definition) is 3. The van der Waals surface area contributed by atoms with Crippen LogP contribution in [0.3, 0.4) is 0 Å². The zero-order valence-electron chi connectivity index (χ0n) is 67.5. The van der Waals surface area contributed by atoms with Gasteiger partial charge in [0.05, 0.1) is 26.4 Å². The first-order valence-electron chi connectivity index (χ1n) is 43.7. The summed E-state index contributed by atoms with van der Waals surface area (Å²) in [5, 5.41) is 10.7. The van der Waals surface area contributed by atoms with Crippen LogP contribution in [0.25, 0.3) is 0 Å². The first kappa shape index (κ1) is 101. The Balaban J connectivity index is 5.24. The van der Waals surface area contributed by atoms with Gasteiger partial charge in [0.1, 0.15) is 19.3 Å². The summed E-state index contributed by atoms with van der Waals surface area (Å²) in [6.07, 6.45) is 69.3. The van der Waals surface area contributed by atoms with E-state index in [1.165, 1.54) is 276 Å². The summed E-state index contributed by atoms with van der Waals surface area (Å²) in [6.45, 7) is 7.38. The van der Waals surface area contributed by atoms with Crippen LogP contribution in [-0.2, 0) is 65.4 Å². The van der Waals surface area contributed by atoms with E-state index in [2.05, 4.69) is 34.6 Å². The number of hydrogen-bond acceptors (Lipinski definition) is 15. The maximum absolute atomic E-state index is 13.1. The number of unbranched alkanes of at least 4 members (excludes halogenated alkanes) is 55. The van der Waals surface area contributed by atoms with Gasteiger partial charge in [-0.25, -0.2) is 9.13 Å². The van der Waals surface area contributed by atoms with Gasteiger partial charge in [-0.15, -0.1) is 0 Å². The molecule has 6 atom stereocenters. The molecular weight excluding hydrogens is 1340 g/mol. The van der Waals surface area contributed by atoms with Crippen molar-refractivity contribution in [1.82, 2.24) is 0 Å². The maximum Gasteiger partial charge on any atom is 0.472 e. The summed E-state index contributed by atoms with van der Waals surface area (Å²) in [4.78, 5) is 73.2. The summed E-state index contributed by atoms with van der Waals surface area (Å²) in [5.74, 6) is -1.30. The van der Waals surface area contributed by atoms with Crippen molar-refractivity contribution in [3.8, 4) is 0 Å². The zero-order valence-corrected chi connectivity index (χ0v) is 69.3. The van der Waals surface area contributed by atoms with E-state index in [4.69, 9.17) is 37.0 Å². The highest BCUT2D eigenvalue weighted by Gasteiger charge is 2.30. The molecule has 0 aliphatic heterocycles. The van der Waals surface area contributed by atoms with Crippen LogP contribution >= 0.6 is 15.6 Å². The molecule has 17 nitrogen and oxygen atoms in total. The SMILES string of the molecule is CCCCCCCCCCCCCCCCCCCCCCCC(=O)O[C@H](COC(=O)CCCCCCCCCCCCCCCCC)COP(=O)(O)OC[C@@H](O)COP(=O)(O)OC[C@@H](COC(=O)CCCCCCCCCCCCCCC)OC(=O)CCCCCCCCCCCCC(C)CC. The molecule has 19 heteroatoms. The van der Waals surface area contributed by atoms with Crippen molar-refractivity contribution in [1.29, 1.82) is 0 Å². The van der Waals surface area contributed by atoms with Crippen LogP contribution in [-0.4, -0.2) is 96.7 Å². The first-order valence-corrected chi connectivity index (χ1v) is 46.7. The molecule has 0 amide bonds. The molecule has 0 aromatic heterocycles. The average Bonchev–Trinajstić information content (AvgIpc) is 0.923. The Morgan fingerprint density at radius 2 is 0.466 bits per heavy atom. The maximum atomic E-state index is 13.1. The van der Waals surface area contributed by atoms with Gasteiger partial charge in [-0.05, 0) is 31.6 Å². The van der Waals surface area contributed by atoms with Crippen molar-refractivity contribution in [2.45, 2.75) is 470 Å². The zero-order chi connectivity index (χ0) is 75.5. The molecular formula is C84H164O17P2. The van der Waals surface area contributed by atoms with Crippen molar-refractivity contribution in [2.75, 3.05) is 39.6 Å². The van der Waals surface area contributed by atoms with Crippen molar-refractivity contribution >= 4 is 39.5 Å². The minimum atomic E-state index is -4.96. The summed E-state index contributed by atoms with van der Waals surface area (Å²) in [5.41, 5.74) is 0. The fourth-order valence-electron chi connectivity index (χ4n) is 13.1. The molecule has 0 heterocycles. The molecule has 103 heavy (non-hydrogen) atoms. The van der Waals surface area contributed by atoms with Crippen LogP contribution in [0.5, 0.6) is 0 Å². The van der Waals surface area contributed by atoms with Gasteiger partial charge in [0.2, 0.25) is 0 Å². The molecule has 0 aromatic carbocycles. The molecule has 0 rings (SSSR count). The number of esters is 4. The molecule has 0 radical (unpaired) electrons. The minimum absolute atomic E-state index is 0.107. The number of phosphoric acid groups is 2. The van der Waals surface area contributed by atoms with E-state index >= 15 is 0 Å². The molecule has 0 saturated carbocycles. The lowest BCUT2D eigenvalue weighted by molar-refractivity contribution is -0.161. The second-order valence-electron chi connectivity index (χ2n) is 30.5. The Labute approximate surface area is 632 Å². The smallest absolute Gasteiger partial charge is 0.462 e. The molecule has 3 unspecified atom stereocenters. The monoisotopic (exact) mass is 1510 g/mol. The van der Waals surface area contributed by atoms with Gasteiger partial charge in [-0.2, -0.15) is 0 Å². The van der Waals surface area contributed by atoms with Gasteiger partial charge >= 0.3 is 39.5 Å². The number of rotatable bonds is 84. The molecule has 3 N–H and O–H groups in total. The predicted molar refractivity (Wildman–Crippen MR) is 423 cm³/mol. The van der Waals surface area contributed by atoms with E-state index in [1.54, 1.807) is 0 Å². The molecule has 0 saturated heterocycles. The van der Waals surface area contributed by atoms with Crippen LogP contribution < -0.4 is 0 Å². The van der Waals surface area contributed by atoms with Gasteiger partial charge < -0.3 is 33.8 Å². The number of aliphatic hydroxyl groups is 1. The Kier molecular flexibility index (Phi) is 75.4. The van der Waals surface area contributed by atoms with Gasteiger partial charge in [0, 0.05) is 25.7 Å². The van der Waals surface area contributed by atoms with Crippen LogP contribution in [0.15, 0.2) is 0 Å². The highest BCUT2D eigenvalue weighted by Crippen LogP contribution is 2.45. The number of aliphatic hydroxyl groups excluding tert-OH is 1. The van der Waals surface area contributed by atoms with Crippen LogP contribution in [0, 0.1) is 5.92 Å². The molecule has 612 valence electrons. The fourth-order valence-corrected chi connectivity index (χ4v) is 14.7. The van der Waals surface area contributed by atoms with E-state index in [0.717, 1.165) is 95.8 Å². The second-order valence-corrected chi connectivity index (χ2v) is 33.4. The van der Waals surface area contributed by atoms with Crippen LogP contribution in [0.1, 0.15) is 452 Å². The standard InChI is InChI=1S/C84H164O17P2/c1-6-10-13-16-19-22-25-28-30-31-32-33-34-35-37-40-43-49-54-59-64-69-83(88)100-79(73-95-82(87)68-63-58-53-48-42-39-36-29-26-23-20-17-14-11-7-2)75-98-102(90,91)96-71-78(85)72-97-103(92,93)99-76-80(74-94-81(86)67-62-57-52-47-41-38-27-24-21-18-15-12-8-3)101-84(89)70-65-60-55-50-45-44-46-51-56-61-66-77(5)9-4/h77-80,85H,6-76H2,1-5H3,(H,90,91)(H,92,93)/t77?,78-,79-,80-/m1/s1. The number of carbonyl (C=O) groups is 4. The molecule has 0 aliphatic carbocycles. The normalized spacial score (nSPS) is 14.1. The molecule has 0 bridgehead atoms. The average molecular weight is 1510 g/mol. The Morgan fingerprint density at radius 3 is 0.689 bits per heavy atom. The second kappa shape index (κ2) is 76.8. The predicted octanol–water partition coefficient (Wildman–Crippen LogP) is 25.6. The summed E-state index contributed by atoms with van der Waals surface area (Å²) >= 11 is 0. The van der Waals surface area contributed by atoms with E-state index < -0.39 is 97.5 Å². The van der Waals surface area contributed by atoms with Crippen molar-refractivity contribution in [2.24, 2.45) is 5.92 Å². The largest absolute Gasteiger partial charge is 0.472 e. The van der Waals surface area contributed by atoms with Gasteiger partial charge in [0.25, 0.3) is 0 Å². The Hall–Kier alpha value is -1.94. The molecule has 0 spiro atoms. The molecule has 0 aliphatic rings. The van der Waals surface area contributed by atoms with Crippen LogP contribution in [0.4, 0.5) is 0 Å². The highest BCUT2D eigenvalue weighted by atomic mass is 31.2. The van der Waals surface area contributed by atoms with Crippen LogP contribution in [0.2, 0.25) is 0 Å². The number of ether oxygens (including phenoxy) is 4. The molecule has 0 fully saturated rings. The van der Waals surface area contributed by atoms with E-state index in [1.807, 2.05) is 0 Å². The van der Waals surface area contributed by atoms with Gasteiger partial charge in [0.15, 0.2) is 12.2 Å². The minimum Gasteiger partial charge on any atom is -0.462 e. The van der Waals surface area contributed by atoms with E-state index in [9.17, 15) is 43.2 Å². The first-order chi connectivity index (χ1) is 50.1. The summed E-state index contributed by atoms with van der Waals surface area (Å²) in [7, 11) is -9.92. The van der Waals surface area contributed by atoms with Crippen molar-refractivity contribution in [3.05, 3.63) is 0 Å². The summed E-state index contributed by atoms with van der Waals surface area (Å²) < 4.78 is 68.9. The number of phosphoric ester groups is 2.